The number of benzene rings is 4. The summed E-state index contributed by atoms with van der Waals surface area (Å²) in [5.41, 5.74) is -6.24. The monoisotopic (exact) mass is 540 g/mol. The molecule has 0 saturated heterocycles. The Morgan fingerprint density at radius 3 is 2.14 bits per heavy atom. The van der Waals surface area contributed by atoms with Gasteiger partial charge in [0.15, 0.2) is 0 Å². The zero-order chi connectivity index (χ0) is 26.9. The van der Waals surface area contributed by atoms with Crippen molar-refractivity contribution in [3.05, 3.63) is 76.6 Å². The van der Waals surface area contributed by atoms with E-state index in [2.05, 4.69) is 9.97 Å². The van der Waals surface area contributed by atoms with Gasteiger partial charge in [-0.15, -0.1) is 0 Å². The van der Waals surface area contributed by atoms with Crippen molar-refractivity contribution in [3.8, 4) is 11.4 Å². The molecule has 190 valence electrons. The van der Waals surface area contributed by atoms with Gasteiger partial charge in [-0.1, -0.05) is 41.9 Å². The van der Waals surface area contributed by atoms with Crippen molar-refractivity contribution in [2.24, 2.45) is 0 Å². The molecular formula is C25H12ClF7N2O2. The number of aldehydes is 1. The van der Waals surface area contributed by atoms with E-state index in [1.807, 2.05) is 0 Å². The van der Waals surface area contributed by atoms with Gasteiger partial charge >= 0.3 is 12.4 Å². The van der Waals surface area contributed by atoms with E-state index in [0.717, 1.165) is 12.1 Å². The number of hydrogen-bond acceptors (Lipinski definition) is 3. The molecule has 1 heterocycles. The molecule has 0 bridgehead atoms. The Kier molecular flexibility index (Phi) is 5.50. The van der Waals surface area contributed by atoms with Crippen LogP contribution in [0.5, 0.6) is 0 Å². The number of aromatic amines is 1. The molecule has 2 N–H and O–H groups in total. The maximum absolute atomic E-state index is 14.6. The Bertz CT molecular complexity index is 1690. The second-order valence-electron chi connectivity index (χ2n) is 8.29. The molecule has 1 aromatic heterocycles. The molecule has 5 aromatic rings. The van der Waals surface area contributed by atoms with E-state index < -0.39 is 29.3 Å². The highest BCUT2D eigenvalue weighted by atomic mass is 35.5. The van der Waals surface area contributed by atoms with Gasteiger partial charge in [-0.2, -0.15) is 26.3 Å². The molecule has 0 spiro atoms. The van der Waals surface area contributed by atoms with E-state index in [1.54, 1.807) is 0 Å². The molecule has 0 amide bonds. The lowest BCUT2D eigenvalue weighted by atomic mass is 9.88. The maximum Gasteiger partial charge on any atom is 0.430 e. The molecule has 0 aliphatic heterocycles. The summed E-state index contributed by atoms with van der Waals surface area (Å²) in [4.78, 5) is 18.7. The van der Waals surface area contributed by atoms with Crippen LogP contribution >= 0.6 is 11.6 Å². The number of carbonyl (C=O) groups excluding carboxylic acids is 1. The second-order valence-corrected chi connectivity index (χ2v) is 8.70. The Morgan fingerprint density at radius 2 is 1.51 bits per heavy atom. The summed E-state index contributed by atoms with van der Waals surface area (Å²) in [6.07, 6.45) is -11.7. The van der Waals surface area contributed by atoms with E-state index in [9.17, 15) is 40.6 Å². The molecule has 4 aromatic carbocycles. The van der Waals surface area contributed by atoms with Crippen LogP contribution in [0.2, 0.25) is 5.02 Å². The van der Waals surface area contributed by atoms with Gasteiger partial charge < -0.3 is 10.1 Å². The molecule has 4 nitrogen and oxygen atoms in total. The summed E-state index contributed by atoms with van der Waals surface area (Å²) >= 11 is 6.14. The first-order valence-corrected chi connectivity index (χ1v) is 10.8. The average molecular weight is 541 g/mol. The fourth-order valence-corrected chi connectivity index (χ4v) is 4.62. The van der Waals surface area contributed by atoms with Crippen molar-refractivity contribution in [3.63, 3.8) is 0 Å². The van der Waals surface area contributed by atoms with Crippen molar-refractivity contribution < 1.29 is 40.6 Å². The Balaban J connectivity index is 1.92. The van der Waals surface area contributed by atoms with Gasteiger partial charge in [-0.25, -0.2) is 9.37 Å². The first kappa shape index (κ1) is 25.0. The normalized spacial score (nSPS) is 13.1. The predicted molar refractivity (Wildman–Crippen MR) is 123 cm³/mol. The lowest BCUT2D eigenvalue weighted by Gasteiger charge is -2.32. The standard InChI is InChI=1S/C25H12ClF7N2O2/c26-17-2-1-3-18(27)19(17)22-34-20-13-6-4-11(10-36)8-15(13)16-9-12(5-7-14(16)21(20)35-22)23(37,24(28,29)30)25(31,32)33/h1-10,37H,(H,34,35). The van der Waals surface area contributed by atoms with Crippen molar-refractivity contribution in [2.75, 3.05) is 0 Å². The number of nitrogens with one attached hydrogen (secondary N) is 1. The zero-order valence-corrected chi connectivity index (χ0v) is 18.9. The van der Waals surface area contributed by atoms with Crippen molar-refractivity contribution >= 4 is 50.5 Å². The smallest absolute Gasteiger partial charge is 0.369 e. The number of aliphatic hydroxyl groups is 1. The molecule has 0 aliphatic rings. The molecule has 5 rings (SSSR count). The second kappa shape index (κ2) is 8.15. The summed E-state index contributed by atoms with van der Waals surface area (Å²) in [6.45, 7) is 0. The number of rotatable bonds is 3. The molecule has 37 heavy (non-hydrogen) atoms. The molecule has 12 heteroatoms. The summed E-state index contributed by atoms with van der Waals surface area (Å²) in [6, 6.07) is 10.1. The summed E-state index contributed by atoms with van der Waals surface area (Å²) < 4.78 is 95.9. The molecule has 0 fully saturated rings. The summed E-state index contributed by atoms with van der Waals surface area (Å²) in [5.74, 6) is -0.747. The summed E-state index contributed by atoms with van der Waals surface area (Å²) in [5, 5.41) is 10.3. The molecule has 0 radical (unpaired) electrons. The van der Waals surface area contributed by atoms with Crippen LogP contribution in [0, 0.1) is 5.82 Å². The predicted octanol–water partition coefficient (Wildman–Crippen LogP) is 7.45. The fourth-order valence-electron chi connectivity index (χ4n) is 4.37. The molecular weight excluding hydrogens is 529 g/mol. The number of aromatic nitrogens is 2. The van der Waals surface area contributed by atoms with Crippen molar-refractivity contribution in [1.82, 2.24) is 9.97 Å². The topological polar surface area (TPSA) is 66.0 Å². The van der Waals surface area contributed by atoms with Crippen LogP contribution in [-0.2, 0) is 5.60 Å². The number of halogens is 8. The highest BCUT2D eigenvalue weighted by Gasteiger charge is 2.71. The van der Waals surface area contributed by atoms with Crippen LogP contribution in [0.15, 0.2) is 54.6 Å². The van der Waals surface area contributed by atoms with Crippen LogP contribution in [0.25, 0.3) is 44.0 Å². The largest absolute Gasteiger partial charge is 0.430 e. The maximum atomic E-state index is 14.6. The minimum absolute atomic E-state index is 0.0126. The van der Waals surface area contributed by atoms with Crippen LogP contribution in [0.1, 0.15) is 15.9 Å². The molecule has 0 unspecified atom stereocenters. The number of imidazole rings is 1. The Labute approximate surface area is 207 Å². The SMILES string of the molecule is O=Cc1ccc2c(c1)c1cc(C(O)(C(F)(F)F)C(F)(F)F)ccc1c1[nH]c(-c3c(F)cccc3Cl)nc21. The van der Waals surface area contributed by atoms with E-state index in [1.165, 1.54) is 30.3 Å². The molecule has 0 aliphatic carbocycles. The van der Waals surface area contributed by atoms with E-state index >= 15 is 0 Å². The van der Waals surface area contributed by atoms with Crippen molar-refractivity contribution in [2.45, 2.75) is 18.0 Å². The molecule has 0 atom stereocenters. The Hall–Kier alpha value is -3.70. The lowest BCUT2D eigenvalue weighted by molar-refractivity contribution is -0.376. The van der Waals surface area contributed by atoms with Gasteiger partial charge in [-0.05, 0) is 35.0 Å². The van der Waals surface area contributed by atoms with Gasteiger partial charge in [0.25, 0.3) is 5.60 Å². The third kappa shape index (κ3) is 3.64. The number of alkyl halides is 6. The van der Waals surface area contributed by atoms with Gasteiger partial charge in [0, 0.05) is 21.9 Å². The van der Waals surface area contributed by atoms with Crippen LogP contribution in [0.3, 0.4) is 0 Å². The first-order valence-electron chi connectivity index (χ1n) is 10.4. The average Bonchev–Trinajstić information content (AvgIpc) is 3.26. The lowest BCUT2D eigenvalue weighted by Crippen LogP contribution is -2.53. The van der Waals surface area contributed by atoms with Gasteiger partial charge in [0.1, 0.15) is 17.9 Å². The quantitative estimate of drug-likeness (QED) is 0.142. The summed E-state index contributed by atoms with van der Waals surface area (Å²) in [7, 11) is 0. The van der Waals surface area contributed by atoms with Crippen molar-refractivity contribution in [1.29, 1.82) is 0 Å². The number of carbonyl (C=O) groups is 1. The van der Waals surface area contributed by atoms with Crippen LogP contribution in [-0.4, -0.2) is 33.7 Å². The highest BCUT2D eigenvalue weighted by Crippen LogP contribution is 2.51. The van der Waals surface area contributed by atoms with E-state index in [-0.39, 0.29) is 54.6 Å². The van der Waals surface area contributed by atoms with Crippen LogP contribution in [0.4, 0.5) is 30.7 Å². The minimum Gasteiger partial charge on any atom is -0.369 e. The number of fused-ring (bicyclic) bond motifs is 6. The number of H-pyrrole nitrogens is 1. The first-order chi connectivity index (χ1) is 17.3. The van der Waals surface area contributed by atoms with Crippen LogP contribution < -0.4 is 0 Å². The minimum atomic E-state index is -6.09. The van der Waals surface area contributed by atoms with Gasteiger partial charge in [-0.3, -0.25) is 4.79 Å². The van der Waals surface area contributed by atoms with Gasteiger partial charge in [0.05, 0.1) is 21.6 Å². The number of nitrogens with zero attached hydrogens (tertiary/aromatic N) is 1. The van der Waals surface area contributed by atoms with E-state index in [4.69, 9.17) is 11.6 Å². The third-order valence-electron chi connectivity index (χ3n) is 6.16. The highest BCUT2D eigenvalue weighted by molar-refractivity contribution is 6.33. The van der Waals surface area contributed by atoms with Gasteiger partial charge in [0.2, 0.25) is 0 Å². The fraction of sp³-hybridized carbons (Fsp3) is 0.120. The van der Waals surface area contributed by atoms with E-state index in [0.29, 0.717) is 18.4 Å². The zero-order valence-electron chi connectivity index (χ0n) is 18.1. The molecule has 0 saturated carbocycles. The third-order valence-corrected chi connectivity index (χ3v) is 6.47. The Morgan fingerprint density at radius 1 is 0.865 bits per heavy atom. The number of hydrogen-bond donors (Lipinski definition) is 2.